The number of para-hydroxylation sites is 1. The highest BCUT2D eigenvalue weighted by Crippen LogP contribution is 2.31. The Balaban J connectivity index is 2.20. The highest BCUT2D eigenvalue weighted by molar-refractivity contribution is 6.00. The summed E-state index contributed by atoms with van der Waals surface area (Å²) in [7, 11) is 0. The minimum absolute atomic E-state index is 0.112. The lowest BCUT2D eigenvalue weighted by atomic mass is 10.0. The van der Waals surface area contributed by atoms with Gasteiger partial charge in [-0.2, -0.15) is 0 Å². The van der Waals surface area contributed by atoms with Gasteiger partial charge in [-0.15, -0.1) is 0 Å². The van der Waals surface area contributed by atoms with Crippen LogP contribution in [-0.2, 0) is 9.53 Å². The lowest BCUT2D eigenvalue weighted by Crippen LogP contribution is -2.40. The van der Waals surface area contributed by atoms with Gasteiger partial charge in [-0.25, -0.2) is 4.79 Å². The number of aromatic hydroxyl groups is 1. The number of nitrogens with one attached hydrogen (secondary N) is 1. The van der Waals surface area contributed by atoms with E-state index in [2.05, 4.69) is 5.32 Å². The Hall–Kier alpha value is -2.82. The molecule has 0 radical (unpaired) electrons. The van der Waals surface area contributed by atoms with Crippen LogP contribution in [0.1, 0.15) is 31.1 Å². The molecule has 5 nitrogen and oxygen atoms in total. The normalized spacial score (nSPS) is 11.8. The Morgan fingerprint density at radius 1 is 1.00 bits per heavy atom. The molecule has 2 aromatic carbocycles. The van der Waals surface area contributed by atoms with E-state index in [1.165, 1.54) is 6.07 Å². The van der Waals surface area contributed by atoms with Crippen molar-refractivity contribution in [3.63, 3.8) is 0 Å². The number of esters is 1. The molecule has 0 bridgehead atoms. The number of rotatable bonds is 5. The molecule has 1 amide bonds. The first-order valence-corrected chi connectivity index (χ1v) is 7.79. The van der Waals surface area contributed by atoms with Crippen LogP contribution >= 0.6 is 0 Å². The second-order valence-electron chi connectivity index (χ2n) is 5.75. The first kappa shape index (κ1) is 17.5. The van der Waals surface area contributed by atoms with Crippen LogP contribution in [0.4, 0.5) is 0 Å². The number of benzene rings is 2. The van der Waals surface area contributed by atoms with E-state index in [9.17, 15) is 14.7 Å². The molecule has 2 N–H and O–H groups in total. The highest BCUT2D eigenvalue weighted by Gasteiger charge is 2.21. The topological polar surface area (TPSA) is 75.6 Å². The molecule has 24 heavy (non-hydrogen) atoms. The summed E-state index contributed by atoms with van der Waals surface area (Å²) in [6.07, 6.45) is -0.258. The van der Waals surface area contributed by atoms with Crippen molar-refractivity contribution in [1.29, 1.82) is 0 Å². The Kier molecular flexibility index (Phi) is 5.58. The third-order valence-electron chi connectivity index (χ3n) is 3.42. The first-order chi connectivity index (χ1) is 11.4. The van der Waals surface area contributed by atoms with Crippen molar-refractivity contribution in [3.05, 3.63) is 54.1 Å². The molecule has 0 saturated heterocycles. The zero-order chi connectivity index (χ0) is 17.7. The predicted molar refractivity (Wildman–Crippen MR) is 91.7 cm³/mol. The van der Waals surface area contributed by atoms with Crippen molar-refractivity contribution in [2.75, 3.05) is 0 Å². The van der Waals surface area contributed by atoms with Crippen molar-refractivity contribution in [2.45, 2.75) is 32.9 Å². The molecule has 0 unspecified atom stereocenters. The van der Waals surface area contributed by atoms with Crippen molar-refractivity contribution in [1.82, 2.24) is 5.32 Å². The van der Waals surface area contributed by atoms with Gasteiger partial charge in [-0.05, 0) is 32.4 Å². The number of ether oxygens (including phenoxy) is 1. The van der Waals surface area contributed by atoms with E-state index in [1.807, 2.05) is 30.3 Å². The van der Waals surface area contributed by atoms with E-state index in [0.717, 1.165) is 5.56 Å². The van der Waals surface area contributed by atoms with Gasteiger partial charge in [0.1, 0.15) is 11.8 Å². The minimum Gasteiger partial charge on any atom is -0.506 e. The average molecular weight is 327 g/mol. The van der Waals surface area contributed by atoms with Gasteiger partial charge in [0.05, 0.1) is 11.7 Å². The van der Waals surface area contributed by atoms with E-state index in [4.69, 9.17) is 4.74 Å². The van der Waals surface area contributed by atoms with Crippen molar-refractivity contribution in [2.24, 2.45) is 0 Å². The fourth-order valence-electron chi connectivity index (χ4n) is 2.25. The zero-order valence-electron chi connectivity index (χ0n) is 13.9. The van der Waals surface area contributed by atoms with Crippen LogP contribution in [0.25, 0.3) is 11.1 Å². The number of hydrogen-bond donors (Lipinski definition) is 2. The summed E-state index contributed by atoms with van der Waals surface area (Å²) in [6.45, 7) is 5.02. The Labute approximate surface area is 141 Å². The second kappa shape index (κ2) is 7.64. The smallest absolute Gasteiger partial charge is 0.328 e. The maximum Gasteiger partial charge on any atom is 0.328 e. The van der Waals surface area contributed by atoms with Crippen LogP contribution in [-0.4, -0.2) is 29.1 Å². The molecule has 2 aromatic rings. The second-order valence-corrected chi connectivity index (χ2v) is 5.75. The molecule has 0 aliphatic rings. The third-order valence-corrected chi connectivity index (χ3v) is 3.42. The Bertz CT molecular complexity index is 725. The summed E-state index contributed by atoms with van der Waals surface area (Å²) >= 11 is 0. The van der Waals surface area contributed by atoms with Gasteiger partial charge in [0, 0.05) is 5.56 Å². The van der Waals surface area contributed by atoms with Gasteiger partial charge < -0.3 is 15.2 Å². The summed E-state index contributed by atoms with van der Waals surface area (Å²) in [5.74, 6) is -1.17. The number of hydrogen-bond acceptors (Lipinski definition) is 4. The molecule has 1 atom stereocenters. The van der Waals surface area contributed by atoms with E-state index in [1.54, 1.807) is 32.9 Å². The van der Waals surface area contributed by atoms with Gasteiger partial charge in [0.15, 0.2) is 0 Å². The quantitative estimate of drug-likeness (QED) is 0.827. The molecule has 0 aliphatic heterocycles. The summed E-state index contributed by atoms with van der Waals surface area (Å²) in [4.78, 5) is 24.2. The van der Waals surface area contributed by atoms with Crippen LogP contribution in [0.5, 0.6) is 5.75 Å². The monoisotopic (exact) mass is 327 g/mol. The zero-order valence-corrected chi connectivity index (χ0v) is 13.9. The number of amides is 1. The highest BCUT2D eigenvalue weighted by atomic mass is 16.5. The molecule has 0 spiro atoms. The number of phenolic OH excluding ortho intramolecular Hbond substituents is 1. The molecular weight excluding hydrogens is 306 g/mol. The minimum atomic E-state index is -0.806. The van der Waals surface area contributed by atoms with Gasteiger partial charge in [-0.3, -0.25) is 4.79 Å². The fourth-order valence-corrected chi connectivity index (χ4v) is 2.25. The maximum absolute atomic E-state index is 12.4. The standard InChI is InChI=1S/C19H21NO4/c1-12(2)24-19(23)13(3)20-18(22)16-11-7-10-15(17(16)21)14-8-5-4-6-9-14/h4-13,21H,1-3H3,(H,20,22)/t13-/m0/s1. The molecule has 0 saturated carbocycles. The van der Waals surface area contributed by atoms with Crippen LogP contribution in [0.3, 0.4) is 0 Å². The van der Waals surface area contributed by atoms with Crippen LogP contribution in [0.2, 0.25) is 0 Å². The van der Waals surface area contributed by atoms with E-state index < -0.39 is 17.9 Å². The molecule has 2 rings (SSSR count). The molecular formula is C19H21NO4. The Morgan fingerprint density at radius 3 is 2.29 bits per heavy atom. The average Bonchev–Trinajstić information content (AvgIpc) is 2.55. The van der Waals surface area contributed by atoms with E-state index in [-0.39, 0.29) is 17.4 Å². The summed E-state index contributed by atoms with van der Waals surface area (Å²) < 4.78 is 5.06. The summed E-state index contributed by atoms with van der Waals surface area (Å²) in [5, 5.41) is 13.0. The largest absolute Gasteiger partial charge is 0.506 e. The third kappa shape index (κ3) is 4.13. The molecule has 0 fully saturated rings. The van der Waals surface area contributed by atoms with Crippen LogP contribution < -0.4 is 5.32 Å². The molecule has 126 valence electrons. The fraction of sp³-hybridized carbons (Fsp3) is 0.263. The predicted octanol–water partition coefficient (Wildman–Crippen LogP) is 3.13. The summed E-state index contributed by atoms with van der Waals surface area (Å²) in [6, 6.07) is 13.4. The van der Waals surface area contributed by atoms with Crippen molar-refractivity contribution < 1.29 is 19.4 Å². The van der Waals surface area contributed by atoms with E-state index in [0.29, 0.717) is 5.56 Å². The van der Waals surface area contributed by atoms with Crippen LogP contribution in [0.15, 0.2) is 48.5 Å². The molecule has 0 heterocycles. The summed E-state index contributed by atoms with van der Waals surface area (Å²) in [5.41, 5.74) is 1.47. The van der Waals surface area contributed by atoms with Gasteiger partial charge in [-0.1, -0.05) is 42.5 Å². The van der Waals surface area contributed by atoms with Crippen molar-refractivity contribution in [3.8, 4) is 16.9 Å². The maximum atomic E-state index is 12.4. The van der Waals surface area contributed by atoms with Crippen LogP contribution in [0, 0.1) is 0 Å². The van der Waals surface area contributed by atoms with E-state index >= 15 is 0 Å². The number of phenols is 1. The molecule has 5 heteroatoms. The first-order valence-electron chi connectivity index (χ1n) is 7.79. The number of carbonyl (C=O) groups is 2. The lowest BCUT2D eigenvalue weighted by Gasteiger charge is -2.16. The SMILES string of the molecule is CC(C)OC(=O)[C@H](C)NC(=O)c1cccc(-c2ccccc2)c1O. The molecule has 0 aliphatic carbocycles. The van der Waals surface area contributed by atoms with Gasteiger partial charge in [0.25, 0.3) is 5.91 Å². The lowest BCUT2D eigenvalue weighted by molar-refractivity contribution is -0.149. The van der Waals surface area contributed by atoms with Gasteiger partial charge >= 0.3 is 5.97 Å². The number of carbonyl (C=O) groups excluding carboxylic acids is 2. The molecule has 0 aromatic heterocycles. The van der Waals surface area contributed by atoms with Crippen molar-refractivity contribution >= 4 is 11.9 Å². The Morgan fingerprint density at radius 2 is 1.67 bits per heavy atom. The van der Waals surface area contributed by atoms with Gasteiger partial charge in [0.2, 0.25) is 0 Å².